The van der Waals surface area contributed by atoms with Crippen LogP contribution in [0.1, 0.15) is 33.1 Å². The van der Waals surface area contributed by atoms with E-state index < -0.39 is 0 Å². The Bertz CT molecular complexity index is 750. The third-order valence-corrected chi connectivity index (χ3v) is 4.31. The Morgan fingerprint density at radius 2 is 1.89 bits per heavy atom. The van der Waals surface area contributed by atoms with Crippen molar-refractivity contribution in [2.45, 2.75) is 33.1 Å². The zero-order valence-electron chi connectivity index (χ0n) is 15.6. The van der Waals surface area contributed by atoms with Crippen molar-refractivity contribution in [2.75, 3.05) is 18.5 Å². The first kappa shape index (κ1) is 21.4. The summed E-state index contributed by atoms with van der Waals surface area (Å²) in [6.07, 6.45) is 1.92. The number of benzene rings is 2. The smallest absolute Gasteiger partial charge is 0.224 e. The van der Waals surface area contributed by atoms with E-state index in [0.717, 1.165) is 17.9 Å². The Hall–Kier alpha value is -1.91. The molecule has 0 heterocycles. The minimum atomic E-state index is -0.0693. The average Bonchev–Trinajstić information content (AvgIpc) is 2.60. The highest BCUT2D eigenvalue weighted by Crippen LogP contribution is 2.27. The van der Waals surface area contributed by atoms with E-state index in [-0.39, 0.29) is 5.91 Å². The van der Waals surface area contributed by atoms with E-state index in [1.165, 1.54) is 0 Å². The maximum Gasteiger partial charge on any atom is 0.224 e. The van der Waals surface area contributed by atoms with Gasteiger partial charge in [0, 0.05) is 23.2 Å². The molecular formula is C21H25Cl2NO3. The Morgan fingerprint density at radius 3 is 2.63 bits per heavy atom. The van der Waals surface area contributed by atoms with Gasteiger partial charge in [0.2, 0.25) is 5.91 Å². The SMILES string of the molecule is CC(C)CCOc1cccc(NC(=O)CCCOc2ccc(Cl)cc2Cl)c1. The second kappa shape index (κ2) is 11.1. The molecule has 0 saturated carbocycles. The van der Waals surface area contributed by atoms with Crippen LogP contribution in [0, 0.1) is 5.92 Å². The first-order chi connectivity index (χ1) is 12.9. The Balaban J connectivity index is 1.72. The zero-order valence-corrected chi connectivity index (χ0v) is 17.1. The third kappa shape index (κ3) is 8.10. The molecule has 0 atom stereocenters. The van der Waals surface area contributed by atoms with Crippen LogP contribution in [0.4, 0.5) is 5.69 Å². The van der Waals surface area contributed by atoms with Gasteiger partial charge in [-0.25, -0.2) is 0 Å². The average molecular weight is 410 g/mol. The van der Waals surface area contributed by atoms with Crippen LogP contribution < -0.4 is 14.8 Å². The van der Waals surface area contributed by atoms with Crippen LogP contribution in [0.3, 0.4) is 0 Å². The molecule has 0 unspecified atom stereocenters. The molecule has 2 rings (SSSR count). The molecule has 4 nitrogen and oxygen atoms in total. The summed E-state index contributed by atoms with van der Waals surface area (Å²) in [7, 11) is 0. The predicted octanol–water partition coefficient (Wildman–Crippen LogP) is 6.22. The molecule has 2 aromatic carbocycles. The van der Waals surface area contributed by atoms with Gasteiger partial charge in [-0.05, 0) is 49.1 Å². The van der Waals surface area contributed by atoms with Gasteiger partial charge in [0.05, 0.1) is 18.2 Å². The van der Waals surface area contributed by atoms with Crippen LogP contribution in [-0.2, 0) is 4.79 Å². The second-order valence-corrected chi connectivity index (χ2v) is 7.48. The lowest BCUT2D eigenvalue weighted by atomic mass is 10.1. The number of ether oxygens (including phenoxy) is 2. The zero-order chi connectivity index (χ0) is 19.6. The molecule has 6 heteroatoms. The topological polar surface area (TPSA) is 47.6 Å². The summed E-state index contributed by atoms with van der Waals surface area (Å²) in [6.45, 7) is 5.38. The fraction of sp³-hybridized carbons (Fsp3) is 0.381. The van der Waals surface area contributed by atoms with E-state index >= 15 is 0 Å². The summed E-state index contributed by atoms with van der Waals surface area (Å²) < 4.78 is 11.3. The highest BCUT2D eigenvalue weighted by Gasteiger charge is 2.06. The first-order valence-electron chi connectivity index (χ1n) is 9.04. The number of anilines is 1. The molecule has 0 aliphatic rings. The quantitative estimate of drug-likeness (QED) is 0.474. The predicted molar refractivity (Wildman–Crippen MR) is 111 cm³/mol. The van der Waals surface area contributed by atoms with Crippen molar-refractivity contribution in [3.63, 3.8) is 0 Å². The molecule has 0 saturated heterocycles. The highest BCUT2D eigenvalue weighted by atomic mass is 35.5. The lowest BCUT2D eigenvalue weighted by Gasteiger charge is -2.11. The van der Waals surface area contributed by atoms with Crippen LogP contribution in [0.2, 0.25) is 10.0 Å². The fourth-order valence-corrected chi connectivity index (χ4v) is 2.77. The number of rotatable bonds is 10. The number of hydrogen-bond donors (Lipinski definition) is 1. The maximum absolute atomic E-state index is 12.1. The van der Waals surface area contributed by atoms with Gasteiger partial charge in [-0.3, -0.25) is 4.79 Å². The van der Waals surface area contributed by atoms with Crippen LogP contribution in [0.15, 0.2) is 42.5 Å². The van der Waals surface area contributed by atoms with Gasteiger partial charge in [-0.15, -0.1) is 0 Å². The molecule has 146 valence electrons. The third-order valence-electron chi connectivity index (χ3n) is 3.78. The standard InChI is InChI=1S/C21H25Cl2NO3/c1-15(2)10-12-26-18-6-3-5-17(14-18)24-21(25)7-4-11-27-20-9-8-16(22)13-19(20)23/h3,5-6,8-9,13-15H,4,7,10-12H2,1-2H3,(H,24,25). The van der Waals surface area contributed by atoms with Crippen molar-refractivity contribution in [1.29, 1.82) is 0 Å². The van der Waals surface area contributed by atoms with Crippen LogP contribution >= 0.6 is 23.2 Å². The van der Waals surface area contributed by atoms with E-state index in [1.54, 1.807) is 18.2 Å². The molecule has 0 aromatic heterocycles. The molecule has 0 bridgehead atoms. The van der Waals surface area contributed by atoms with E-state index in [0.29, 0.717) is 47.8 Å². The second-order valence-electron chi connectivity index (χ2n) is 6.63. The van der Waals surface area contributed by atoms with E-state index in [2.05, 4.69) is 19.2 Å². The molecule has 0 fully saturated rings. The lowest BCUT2D eigenvalue weighted by Crippen LogP contribution is -2.13. The summed E-state index contributed by atoms with van der Waals surface area (Å²) in [5.74, 6) is 1.85. The van der Waals surface area contributed by atoms with Crippen molar-refractivity contribution >= 4 is 34.8 Å². The first-order valence-corrected chi connectivity index (χ1v) is 9.80. The minimum Gasteiger partial charge on any atom is -0.494 e. The lowest BCUT2D eigenvalue weighted by molar-refractivity contribution is -0.116. The van der Waals surface area contributed by atoms with Crippen LogP contribution in [0.25, 0.3) is 0 Å². The van der Waals surface area contributed by atoms with Crippen molar-refractivity contribution in [3.8, 4) is 11.5 Å². The van der Waals surface area contributed by atoms with Gasteiger partial charge in [0.1, 0.15) is 11.5 Å². The van der Waals surface area contributed by atoms with Gasteiger partial charge in [0.25, 0.3) is 0 Å². The molecule has 0 aliphatic carbocycles. The molecule has 0 spiro atoms. The van der Waals surface area contributed by atoms with Crippen LogP contribution in [0.5, 0.6) is 11.5 Å². The number of halogens is 2. The normalized spacial score (nSPS) is 10.7. The summed E-state index contributed by atoms with van der Waals surface area (Å²) in [5.41, 5.74) is 0.726. The summed E-state index contributed by atoms with van der Waals surface area (Å²) >= 11 is 11.9. The maximum atomic E-state index is 12.1. The van der Waals surface area contributed by atoms with Crippen molar-refractivity contribution < 1.29 is 14.3 Å². The van der Waals surface area contributed by atoms with Crippen LogP contribution in [-0.4, -0.2) is 19.1 Å². The molecule has 1 N–H and O–H groups in total. The van der Waals surface area contributed by atoms with E-state index in [9.17, 15) is 4.79 Å². The number of nitrogens with one attached hydrogen (secondary N) is 1. The van der Waals surface area contributed by atoms with Gasteiger partial charge in [0.15, 0.2) is 0 Å². The van der Waals surface area contributed by atoms with Gasteiger partial charge in [-0.2, -0.15) is 0 Å². The fourth-order valence-electron chi connectivity index (χ4n) is 2.31. The van der Waals surface area contributed by atoms with E-state index in [1.807, 2.05) is 24.3 Å². The highest BCUT2D eigenvalue weighted by molar-refractivity contribution is 6.35. The number of carbonyl (C=O) groups excluding carboxylic acids is 1. The van der Waals surface area contributed by atoms with Crippen molar-refractivity contribution in [1.82, 2.24) is 0 Å². The minimum absolute atomic E-state index is 0.0693. The van der Waals surface area contributed by atoms with Gasteiger partial charge < -0.3 is 14.8 Å². The Kier molecular flexibility index (Phi) is 8.76. The summed E-state index contributed by atoms with van der Waals surface area (Å²) in [6, 6.07) is 12.5. The van der Waals surface area contributed by atoms with Gasteiger partial charge in [-0.1, -0.05) is 43.1 Å². The van der Waals surface area contributed by atoms with Gasteiger partial charge >= 0.3 is 0 Å². The molecule has 2 aromatic rings. The Labute approximate surface area is 170 Å². The van der Waals surface area contributed by atoms with E-state index in [4.69, 9.17) is 32.7 Å². The molecule has 27 heavy (non-hydrogen) atoms. The molecule has 0 aliphatic heterocycles. The van der Waals surface area contributed by atoms with Crippen molar-refractivity contribution in [3.05, 3.63) is 52.5 Å². The number of amides is 1. The number of carbonyl (C=O) groups is 1. The molecule has 1 amide bonds. The monoisotopic (exact) mass is 409 g/mol. The Morgan fingerprint density at radius 1 is 1.07 bits per heavy atom. The number of hydrogen-bond acceptors (Lipinski definition) is 3. The summed E-state index contributed by atoms with van der Waals surface area (Å²) in [4.78, 5) is 12.1. The van der Waals surface area contributed by atoms with Crippen molar-refractivity contribution in [2.24, 2.45) is 5.92 Å². The molecular weight excluding hydrogens is 385 g/mol. The summed E-state index contributed by atoms with van der Waals surface area (Å²) in [5, 5.41) is 3.90. The largest absolute Gasteiger partial charge is 0.494 e. The molecule has 0 radical (unpaired) electrons.